The number of hydrogen-bond donors (Lipinski definition) is 0. The molecule has 2 aromatic heterocycles. The van der Waals surface area contributed by atoms with Crippen molar-refractivity contribution in [3.05, 3.63) is 82.8 Å². The Morgan fingerprint density at radius 2 is 1.97 bits per heavy atom. The largest absolute Gasteiger partial charge is 0.296 e. The molecule has 0 spiro atoms. The Balaban J connectivity index is 1.31. The lowest BCUT2D eigenvalue weighted by molar-refractivity contribution is -0.122. The van der Waals surface area contributed by atoms with E-state index in [2.05, 4.69) is 47.2 Å². The van der Waals surface area contributed by atoms with Crippen LogP contribution in [0.1, 0.15) is 49.7 Å². The maximum atomic E-state index is 13.5. The van der Waals surface area contributed by atoms with Crippen LogP contribution in [0.25, 0.3) is 11.1 Å². The molecule has 1 atom stereocenters. The minimum Gasteiger partial charge on any atom is -0.296 e. The van der Waals surface area contributed by atoms with Crippen LogP contribution >= 0.6 is 0 Å². The second-order valence-electron chi connectivity index (χ2n) is 10.0. The molecule has 1 unspecified atom stereocenters. The fraction of sp³-hybridized carbons (Fsp3) is 0.393. The van der Waals surface area contributed by atoms with E-state index in [1.165, 1.54) is 18.4 Å². The smallest absolute Gasteiger partial charge is 0.255 e. The van der Waals surface area contributed by atoms with Crippen LogP contribution in [0, 0.1) is 19.8 Å². The highest BCUT2D eigenvalue weighted by Crippen LogP contribution is 2.34. The van der Waals surface area contributed by atoms with Gasteiger partial charge in [-0.1, -0.05) is 25.2 Å². The van der Waals surface area contributed by atoms with Crippen molar-refractivity contribution in [2.45, 2.75) is 52.5 Å². The molecule has 2 aromatic rings. The Bertz CT molecular complexity index is 1330. The first-order chi connectivity index (χ1) is 16.5. The predicted molar refractivity (Wildman–Crippen MR) is 134 cm³/mol. The summed E-state index contributed by atoms with van der Waals surface area (Å²) < 4.78 is 1.88. The van der Waals surface area contributed by atoms with Gasteiger partial charge in [-0.3, -0.25) is 19.6 Å². The van der Waals surface area contributed by atoms with E-state index < -0.39 is 0 Å². The number of amides is 1. The number of aryl methyl sites for hydroxylation is 2. The average Bonchev–Trinajstić information content (AvgIpc) is 3.59. The third-order valence-electron chi connectivity index (χ3n) is 7.44. The maximum Gasteiger partial charge on any atom is 0.255 e. The van der Waals surface area contributed by atoms with E-state index in [1.807, 2.05) is 35.7 Å². The second kappa shape index (κ2) is 8.20. The topological polar surface area (TPSA) is 53.7 Å². The van der Waals surface area contributed by atoms with E-state index in [4.69, 9.17) is 5.10 Å². The number of fused-ring (bicyclic) bond motifs is 2. The van der Waals surface area contributed by atoms with Crippen molar-refractivity contribution in [1.82, 2.24) is 24.4 Å². The Labute approximate surface area is 200 Å². The number of rotatable bonds is 3. The minimum atomic E-state index is -0.0197. The molecule has 5 heterocycles. The molecule has 0 aromatic carbocycles. The van der Waals surface area contributed by atoms with Gasteiger partial charge in [-0.05, 0) is 74.3 Å². The molecule has 1 amide bonds. The van der Waals surface area contributed by atoms with Crippen molar-refractivity contribution in [2.75, 3.05) is 13.1 Å². The lowest BCUT2D eigenvalue weighted by Crippen LogP contribution is -2.31. The molecule has 0 saturated heterocycles. The summed E-state index contributed by atoms with van der Waals surface area (Å²) in [5.74, 6) is 0.167. The van der Waals surface area contributed by atoms with Crippen molar-refractivity contribution < 1.29 is 4.79 Å². The average molecular weight is 454 g/mol. The van der Waals surface area contributed by atoms with Crippen molar-refractivity contribution >= 4 is 17.0 Å². The highest BCUT2D eigenvalue weighted by molar-refractivity contribution is 5.98. The number of allylic oxidation sites excluding steroid dienone is 5. The first-order valence-electron chi connectivity index (χ1n) is 12.4. The van der Waals surface area contributed by atoms with Crippen LogP contribution in [-0.4, -0.2) is 49.4 Å². The quantitative estimate of drug-likeness (QED) is 0.674. The van der Waals surface area contributed by atoms with Crippen LogP contribution in [0.3, 0.4) is 0 Å². The fourth-order valence-electron chi connectivity index (χ4n) is 5.31. The molecule has 6 nitrogen and oxygen atoms in total. The van der Waals surface area contributed by atoms with Gasteiger partial charge in [0.25, 0.3) is 5.91 Å². The predicted octanol–water partition coefficient (Wildman–Crippen LogP) is 4.73. The van der Waals surface area contributed by atoms with Gasteiger partial charge < -0.3 is 0 Å². The van der Waals surface area contributed by atoms with Gasteiger partial charge in [0.1, 0.15) is 0 Å². The Morgan fingerprint density at radius 3 is 2.74 bits per heavy atom. The first-order valence-corrected chi connectivity index (χ1v) is 12.4. The minimum absolute atomic E-state index is 0.0197. The highest BCUT2D eigenvalue weighted by Gasteiger charge is 2.30. The number of hydrogen-bond acceptors (Lipinski definition) is 4. The van der Waals surface area contributed by atoms with E-state index in [0.29, 0.717) is 0 Å². The zero-order valence-corrected chi connectivity index (χ0v) is 20.2. The summed E-state index contributed by atoms with van der Waals surface area (Å²) in [7, 11) is 0. The Hall–Kier alpha value is -3.25. The van der Waals surface area contributed by atoms with Crippen molar-refractivity contribution in [1.29, 1.82) is 0 Å². The summed E-state index contributed by atoms with van der Waals surface area (Å²) in [6.07, 6.45) is 19.1. The summed E-state index contributed by atoms with van der Waals surface area (Å²) in [6.45, 7) is 8.27. The van der Waals surface area contributed by atoms with Crippen LogP contribution in [0.5, 0.6) is 0 Å². The molecule has 0 bridgehead atoms. The van der Waals surface area contributed by atoms with Crippen molar-refractivity contribution in [3.8, 4) is 0 Å². The van der Waals surface area contributed by atoms with Crippen LogP contribution in [0.15, 0.2) is 65.7 Å². The Kier molecular flexibility index (Phi) is 5.14. The van der Waals surface area contributed by atoms with E-state index in [1.54, 1.807) is 6.08 Å². The lowest BCUT2D eigenvalue weighted by Gasteiger charge is -2.30. The zero-order chi connectivity index (χ0) is 23.4. The second-order valence-corrected chi connectivity index (χ2v) is 10.0. The third-order valence-corrected chi connectivity index (χ3v) is 7.44. The molecule has 4 aliphatic rings. The summed E-state index contributed by atoms with van der Waals surface area (Å²) in [4.78, 5) is 22.4. The van der Waals surface area contributed by atoms with E-state index in [9.17, 15) is 4.79 Å². The molecule has 6 heteroatoms. The summed E-state index contributed by atoms with van der Waals surface area (Å²) in [5, 5.41) is 4.81. The Morgan fingerprint density at radius 1 is 1.12 bits per heavy atom. The monoisotopic (exact) mass is 453 g/mol. The van der Waals surface area contributed by atoms with Gasteiger partial charge >= 0.3 is 0 Å². The molecular formula is C28H31N5O. The fourth-order valence-corrected chi connectivity index (χ4v) is 5.31. The lowest BCUT2D eigenvalue weighted by atomic mass is 9.91. The van der Waals surface area contributed by atoms with Crippen molar-refractivity contribution in [2.24, 2.45) is 5.92 Å². The molecular weight excluding hydrogens is 422 g/mol. The van der Waals surface area contributed by atoms with Crippen LogP contribution in [0.2, 0.25) is 0 Å². The highest BCUT2D eigenvalue weighted by atomic mass is 16.2. The SMILES string of the molecule is Cc1cn2nc(C3=CC(=O)N4C=C(C5=CCN(C6CC6)CC5)C=CC4=CCC3C)cc2c(C)n1. The number of carbonyl (C=O) groups is 1. The zero-order valence-electron chi connectivity index (χ0n) is 20.2. The molecule has 3 aliphatic heterocycles. The molecule has 34 heavy (non-hydrogen) atoms. The number of nitrogens with zero attached hydrogens (tertiary/aromatic N) is 5. The van der Waals surface area contributed by atoms with Crippen LogP contribution in [-0.2, 0) is 4.79 Å². The van der Waals surface area contributed by atoms with Gasteiger partial charge in [0.2, 0.25) is 0 Å². The van der Waals surface area contributed by atoms with Gasteiger partial charge in [-0.15, -0.1) is 0 Å². The summed E-state index contributed by atoms with van der Waals surface area (Å²) in [5.41, 5.74) is 8.12. The van der Waals surface area contributed by atoms with Gasteiger partial charge in [0.15, 0.2) is 0 Å². The molecule has 0 N–H and O–H groups in total. The standard InChI is InChI=1S/C28H31N5O/c1-18-4-6-24-7-5-22(21-10-12-31(13-11-21)23-8-9-23)17-32(24)28(34)14-25(18)26-15-27-20(3)29-19(2)16-33(27)30-26/h5-7,10,14-18,23H,4,8-9,11-13H2,1-3H3. The number of carbonyl (C=O) groups excluding carboxylic acids is 1. The molecule has 1 fully saturated rings. The van der Waals surface area contributed by atoms with Crippen LogP contribution in [0.4, 0.5) is 0 Å². The first kappa shape index (κ1) is 21.3. The third kappa shape index (κ3) is 3.86. The molecule has 6 rings (SSSR count). The van der Waals surface area contributed by atoms with Crippen LogP contribution < -0.4 is 0 Å². The van der Waals surface area contributed by atoms with E-state index in [-0.39, 0.29) is 11.8 Å². The van der Waals surface area contributed by atoms with E-state index in [0.717, 1.165) is 71.4 Å². The maximum absolute atomic E-state index is 13.5. The number of aromatic nitrogens is 3. The summed E-state index contributed by atoms with van der Waals surface area (Å²) >= 11 is 0. The molecule has 1 saturated carbocycles. The molecule has 0 radical (unpaired) electrons. The molecule has 1 aliphatic carbocycles. The van der Waals surface area contributed by atoms with Gasteiger partial charge in [0, 0.05) is 37.1 Å². The van der Waals surface area contributed by atoms with Crippen molar-refractivity contribution in [3.63, 3.8) is 0 Å². The van der Waals surface area contributed by atoms with Gasteiger partial charge in [-0.2, -0.15) is 5.10 Å². The molecule has 174 valence electrons. The van der Waals surface area contributed by atoms with Gasteiger partial charge in [0.05, 0.1) is 28.8 Å². The summed E-state index contributed by atoms with van der Waals surface area (Å²) in [6, 6.07) is 2.85. The normalized spacial score (nSPS) is 23.7. The van der Waals surface area contributed by atoms with Gasteiger partial charge in [-0.25, -0.2) is 4.52 Å². The van der Waals surface area contributed by atoms with E-state index >= 15 is 0 Å².